The maximum atomic E-state index is 11.6. The summed E-state index contributed by atoms with van der Waals surface area (Å²) in [4.78, 5) is 27.3. The molecule has 0 aliphatic heterocycles. The molecule has 104 valence electrons. The van der Waals surface area contributed by atoms with Gasteiger partial charge in [-0.2, -0.15) is 0 Å². The van der Waals surface area contributed by atoms with Gasteiger partial charge in [-0.05, 0) is 19.8 Å². The van der Waals surface area contributed by atoms with Crippen LogP contribution in [0.1, 0.15) is 36.4 Å². The minimum Gasteiger partial charge on any atom is -0.455 e. The zero-order valence-electron chi connectivity index (χ0n) is 11.0. The lowest BCUT2D eigenvalue weighted by Gasteiger charge is -2.11. The van der Waals surface area contributed by atoms with E-state index in [9.17, 15) is 9.59 Å². The smallest absolute Gasteiger partial charge is 0.312 e. The number of carbonyl (C=O) groups is 2. The second-order valence-corrected chi connectivity index (χ2v) is 5.81. The predicted molar refractivity (Wildman–Crippen MR) is 71.9 cm³/mol. The first-order valence-electron chi connectivity index (χ1n) is 6.49. The Balaban J connectivity index is 1.66. The van der Waals surface area contributed by atoms with Crippen molar-refractivity contribution in [3.63, 3.8) is 0 Å². The molecule has 1 amide bonds. The molecular weight excluding hydrogens is 264 g/mol. The first-order valence-corrected chi connectivity index (χ1v) is 7.37. The molecule has 0 saturated heterocycles. The number of carbonyl (C=O) groups excluding carboxylic acids is 2. The third kappa shape index (κ3) is 4.63. The molecule has 6 heteroatoms. The molecule has 1 N–H and O–H groups in total. The number of aromatic nitrogens is 1. The fourth-order valence-corrected chi connectivity index (χ4v) is 2.79. The van der Waals surface area contributed by atoms with Gasteiger partial charge in [-0.3, -0.25) is 9.59 Å². The third-order valence-corrected chi connectivity index (χ3v) is 3.90. The second-order valence-electron chi connectivity index (χ2n) is 4.74. The van der Waals surface area contributed by atoms with Crippen LogP contribution in [0.2, 0.25) is 0 Å². The molecule has 0 bridgehead atoms. The second kappa shape index (κ2) is 6.65. The fraction of sp³-hybridized carbons (Fsp3) is 0.615. The average molecular weight is 282 g/mol. The minimum atomic E-state index is -0.410. The van der Waals surface area contributed by atoms with E-state index in [4.69, 9.17) is 4.74 Å². The summed E-state index contributed by atoms with van der Waals surface area (Å²) < 4.78 is 4.94. The first kappa shape index (κ1) is 14.0. The van der Waals surface area contributed by atoms with E-state index in [-0.39, 0.29) is 25.0 Å². The van der Waals surface area contributed by atoms with Gasteiger partial charge in [0.15, 0.2) is 6.61 Å². The van der Waals surface area contributed by atoms with Crippen LogP contribution < -0.4 is 5.32 Å². The summed E-state index contributed by atoms with van der Waals surface area (Å²) >= 11 is 1.49. The Morgan fingerprint density at radius 3 is 2.84 bits per heavy atom. The first-order chi connectivity index (χ1) is 9.13. The van der Waals surface area contributed by atoms with Crippen molar-refractivity contribution in [1.82, 2.24) is 10.3 Å². The van der Waals surface area contributed by atoms with Crippen LogP contribution in [0.5, 0.6) is 0 Å². The summed E-state index contributed by atoms with van der Waals surface area (Å²) in [6, 6.07) is 0.257. The van der Waals surface area contributed by atoms with E-state index >= 15 is 0 Å². The van der Waals surface area contributed by atoms with E-state index in [0.717, 1.165) is 30.7 Å². The Morgan fingerprint density at radius 2 is 2.21 bits per heavy atom. The van der Waals surface area contributed by atoms with Crippen molar-refractivity contribution in [3.05, 3.63) is 16.1 Å². The summed E-state index contributed by atoms with van der Waals surface area (Å²) in [5.41, 5.74) is 0.698. The molecule has 0 spiro atoms. The lowest BCUT2D eigenvalue weighted by atomic mass is 10.2. The van der Waals surface area contributed by atoms with Gasteiger partial charge in [0.1, 0.15) is 0 Å². The highest BCUT2D eigenvalue weighted by molar-refractivity contribution is 7.09. The molecule has 19 heavy (non-hydrogen) atoms. The Hall–Kier alpha value is -1.43. The quantitative estimate of drug-likeness (QED) is 0.833. The van der Waals surface area contributed by atoms with Gasteiger partial charge in [0, 0.05) is 11.4 Å². The third-order valence-electron chi connectivity index (χ3n) is 3.08. The van der Waals surface area contributed by atoms with E-state index in [0.29, 0.717) is 5.69 Å². The zero-order chi connectivity index (χ0) is 13.7. The number of aryl methyl sites for hydroxylation is 1. The van der Waals surface area contributed by atoms with Crippen molar-refractivity contribution in [2.45, 2.75) is 45.1 Å². The van der Waals surface area contributed by atoms with Crippen molar-refractivity contribution in [1.29, 1.82) is 0 Å². The number of ether oxygens (including phenoxy) is 1. The van der Waals surface area contributed by atoms with Crippen molar-refractivity contribution in [2.75, 3.05) is 6.61 Å². The molecule has 1 heterocycles. The van der Waals surface area contributed by atoms with Gasteiger partial charge in [-0.15, -0.1) is 11.3 Å². The van der Waals surface area contributed by atoms with E-state index in [1.165, 1.54) is 11.3 Å². The molecule has 1 fully saturated rings. The van der Waals surface area contributed by atoms with Gasteiger partial charge in [0.05, 0.1) is 17.1 Å². The molecule has 0 atom stereocenters. The van der Waals surface area contributed by atoms with Gasteiger partial charge in [0.2, 0.25) is 0 Å². The van der Waals surface area contributed by atoms with Gasteiger partial charge in [-0.25, -0.2) is 4.98 Å². The van der Waals surface area contributed by atoms with Crippen LogP contribution in [-0.4, -0.2) is 29.5 Å². The van der Waals surface area contributed by atoms with Gasteiger partial charge >= 0.3 is 5.97 Å². The molecule has 0 aromatic carbocycles. The SMILES string of the molecule is Cc1nc(CC(=O)OCC(=O)NC2CCCC2)cs1. The predicted octanol–water partition coefficient (Wildman–Crippen LogP) is 1.60. The van der Waals surface area contributed by atoms with Crippen LogP contribution in [0.15, 0.2) is 5.38 Å². The molecule has 1 saturated carbocycles. The monoisotopic (exact) mass is 282 g/mol. The summed E-state index contributed by atoms with van der Waals surface area (Å²) in [6.07, 6.45) is 4.50. The fourth-order valence-electron chi connectivity index (χ4n) is 2.17. The molecule has 1 aromatic heterocycles. The molecule has 0 radical (unpaired) electrons. The summed E-state index contributed by atoms with van der Waals surface area (Å²) in [6.45, 7) is 1.69. The van der Waals surface area contributed by atoms with Gasteiger partial charge in [-0.1, -0.05) is 12.8 Å². The molecule has 0 unspecified atom stereocenters. The van der Waals surface area contributed by atoms with Crippen LogP contribution in [-0.2, 0) is 20.7 Å². The van der Waals surface area contributed by atoms with Crippen molar-refractivity contribution < 1.29 is 14.3 Å². The maximum Gasteiger partial charge on any atom is 0.312 e. The molecule has 2 rings (SSSR count). The van der Waals surface area contributed by atoms with Crippen molar-refractivity contribution in [2.24, 2.45) is 0 Å². The Labute approximate surface area is 116 Å². The van der Waals surface area contributed by atoms with E-state index < -0.39 is 5.97 Å². The van der Waals surface area contributed by atoms with E-state index in [1.54, 1.807) is 0 Å². The Morgan fingerprint density at radius 1 is 1.47 bits per heavy atom. The Kier molecular flexibility index (Phi) is 4.90. The maximum absolute atomic E-state index is 11.6. The van der Waals surface area contributed by atoms with Crippen LogP contribution in [0.4, 0.5) is 0 Å². The lowest BCUT2D eigenvalue weighted by Crippen LogP contribution is -2.36. The molecule has 5 nitrogen and oxygen atoms in total. The summed E-state index contributed by atoms with van der Waals surface area (Å²) in [5.74, 6) is -0.624. The van der Waals surface area contributed by atoms with Crippen LogP contribution in [0, 0.1) is 6.92 Å². The van der Waals surface area contributed by atoms with Gasteiger partial charge < -0.3 is 10.1 Å². The number of hydrogen-bond donors (Lipinski definition) is 1. The number of nitrogens with one attached hydrogen (secondary N) is 1. The number of esters is 1. The topological polar surface area (TPSA) is 68.3 Å². The number of rotatable bonds is 5. The van der Waals surface area contributed by atoms with Gasteiger partial charge in [0.25, 0.3) is 5.91 Å². The average Bonchev–Trinajstić information content (AvgIpc) is 2.99. The van der Waals surface area contributed by atoms with Crippen molar-refractivity contribution >= 4 is 23.2 Å². The normalized spacial score (nSPS) is 15.4. The van der Waals surface area contributed by atoms with Crippen molar-refractivity contribution in [3.8, 4) is 0 Å². The highest BCUT2D eigenvalue weighted by Crippen LogP contribution is 2.17. The van der Waals surface area contributed by atoms with E-state index in [1.807, 2.05) is 12.3 Å². The molecule has 1 aliphatic rings. The largest absolute Gasteiger partial charge is 0.455 e. The lowest BCUT2D eigenvalue weighted by molar-refractivity contribution is -0.148. The number of amides is 1. The Bertz CT molecular complexity index is 452. The number of nitrogens with zero attached hydrogens (tertiary/aromatic N) is 1. The van der Waals surface area contributed by atoms with Crippen LogP contribution in [0.3, 0.4) is 0 Å². The molecule has 1 aliphatic carbocycles. The summed E-state index contributed by atoms with van der Waals surface area (Å²) in [7, 11) is 0. The highest BCUT2D eigenvalue weighted by Gasteiger charge is 2.18. The molecular formula is C13H18N2O3S. The zero-order valence-corrected chi connectivity index (χ0v) is 11.8. The minimum absolute atomic E-state index is 0.126. The number of thiazole rings is 1. The molecule has 1 aromatic rings. The van der Waals surface area contributed by atoms with Crippen LogP contribution in [0.25, 0.3) is 0 Å². The van der Waals surface area contributed by atoms with Crippen LogP contribution >= 0.6 is 11.3 Å². The summed E-state index contributed by atoms with van der Waals surface area (Å²) in [5, 5.41) is 5.62. The highest BCUT2D eigenvalue weighted by atomic mass is 32.1. The number of hydrogen-bond acceptors (Lipinski definition) is 5. The standard InChI is InChI=1S/C13H18N2O3S/c1-9-14-11(8-19-9)6-13(17)18-7-12(16)15-10-4-2-3-5-10/h8,10H,2-7H2,1H3,(H,15,16). The van der Waals surface area contributed by atoms with E-state index in [2.05, 4.69) is 10.3 Å².